The number of alkyl halides is 5. The lowest BCUT2D eigenvalue weighted by atomic mass is 9.77. The summed E-state index contributed by atoms with van der Waals surface area (Å²) in [7, 11) is 3.19. The topological polar surface area (TPSA) is 133 Å². The molecule has 1 aromatic heterocycles. The van der Waals surface area contributed by atoms with Gasteiger partial charge in [-0.25, -0.2) is 9.37 Å². The van der Waals surface area contributed by atoms with Crippen molar-refractivity contribution in [2.75, 3.05) is 45.7 Å². The highest BCUT2D eigenvalue weighted by molar-refractivity contribution is 5.98. The smallest absolute Gasteiger partial charge is 0.391 e. The van der Waals surface area contributed by atoms with Crippen LogP contribution in [0.15, 0.2) is 36.5 Å². The summed E-state index contributed by atoms with van der Waals surface area (Å²) >= 11 is 0. The van der Waals surface area contributed by atoms with Crippen LogP contribution in [0.4, 0.5) is 32.0 Å². The van der Waals surface area contributed by atoms with E-state index in [4.69, 9.17) is 4.74 Å². The zero-order chi connectivity index (χ0) is 38.4. The van der Waals surface area contributed by atoms with E-state index in [0.717, 1.165) is 24.4 Å². The molecule has 1 saturated carbocycles. The summed E-state index contributed by atoms with van der Waals surface area (Å²) in [5, 5.41) is 7.05. The number of amides is 4. The van der Waals surface area contributed by atoms with E-state index < -0.39 is 83.7 Å². The first-order valence-corrected chi connectivity index (χ1v) is 17.1. The van der Waals surface area contributed by atoms with Crippen LogP contribution >= 0.6 is 0 Å². The molecule has 17 heteroatoms. The molecule has 2 aromatic rings. The van der Waals surface area contributed by atoms with Gasteiger partial charge in [0.15, 0.2) is 0 Å². The van der Waals surface area contributed by atoms with Crippen LogP contribution in [0.2, 0.25) is 0 Å². The average Bonchev–Trinajstić information content (AvgIpc) is 3.12. The van der Waals surface area contributed by atoms with Crippen LogP contribution < -0.4 is 20.7 Å². The van der Waals surface area contributed by atoms with Crippen molar-refractivity contribution in [3.63, 3.8) is 0 Å². The van der Waals surface area contributed by atoms with Crippen LogP contribution in [0, 0.1) is 17.7 Å². The van der Waals surface area contributed by atoms with Crippen molar-refractivity contribution in [3.8, 4) is 5.88 Å². The molecule has 0 unspecified atom stereocenters. The fourth-order valence-corrected chi connectivity index (χ4v) is 6.45. The Hall–Kier alpha value is -4.41. The average molecular weight is 743 g/mol. The third kappa shape index (κ3) is 9.72. The Morgan fingerprint density at radius 1 is 0.962 bits per heavy atom. The van der Waals surface area contributed by atoms with E-state index in [0.29, 0.717) is 31.7 Å². The van der Waals surface area contributed by atoms with Crippen molar-refractivity contribution >= 4 is 29.3 Å². The minimum absolute atomic E-state index is 0.00365. The van der Waals surface area contributed by atoms with E-state index in [1.54, 1.807) is 18.7 Å². The second kappa shape index (κ2) is 16.9. The maximum absolute atomic E-state index is 15.6. The molecule has 3 N–H and O–H groups in total. The number of nitrogens with zero attached hydrogens (tertiary/aromatic N) is 3. The summed E-state index contributed by atoms with van der Waals surface area (Å²) in [6.45, 7) is 5.43. The van der Waals surface area contributed by atoms with Crippen LogP contribution in [0.1, 0.15) is 63.0 Å². The third-order valence-electron chi connectivity index (χ3n) is 9.86. The first kappa shape index (κ1) is 40.4. The molecule has 2 fully saturated rings. The van der Waals surface area contributed by atoms with Crippen LogP contribution in [-0.2, 0) is 25.1 Å². The molecule has 2 heterocycles. The Bertz CT molecular complexity index is 1580. The molecule has 0 bridgehead atoms. The molecular weight excluding hydrogens is 698 g/mol. The van der Waals surface area contributed by atoms with Crippen LogP contribution in [-0.4, -0.2) is 97.0 Å². The molecule has 1 aliphatic carbocycles. The maximum atomic E-state index is 15.6. The van der Waals surface area contributed by atoms with Crippen molar-refractivity contribution in [1.29, 1.82) is 0 Å². The van der Waals surface area contributed by atoms with Crippen molar-refractivity contribution in [3.05, 3.63) is 53.5 Å². The molecule has 4 rings (SSSR count). The molecule has 52 heavy (non-hydrogen) atoms. The molecule has 1 aliphatic heterocycles. The Balaban J connectivity index is 1.55. The molecule has 1 saturated heterocycles. The maximum Gasteiger partial charge on any atom is 0.391 e. The number of methoxy groups -OCH3 is 1. The van der Waals surface area contributed by atoms with Gasteiger partial charge in [-0.15, -0.1) is 0 Å². The highest BCUT2D eigenvalue weighted by Gasteiger charge is 2.47. The van der Waals surface area contributed by atoms with Crippen LogP contribution in [0.5, 0.6) is 5.88 Å². The van der Waals surface area contributed by atoms with E-state index in [9.17, 15) is 32.3 Å². The Morgan fingerprint density at radius 3 is 2.15 bits per heavy atom. The van der Waals surface area contributed by atoms with Crippen molar-refractivity contribution < 1.29 is 50.3 Å². The standard InChI is InChI=1S/C35H44F6N6O5/c1-5-27(48)44-29(32(50)47-16-14-46(3)15-17-47)20(2)22-8-12-26(25(36)18-22)43-31(49)30(21-6-9-23(10-7-21)35(39,40)41)45-33(51)34(37,38)24-11-13-28(52-4)42-19-24/h8,11-13,18-21,23,29-30H,5-7,9-10,14-17H2,1-4H3,(H,43,49)(H,44,48)(H,45,51)/t20-,21-,23-,29+,30-/m0/s1. The largest absolute Gasteiger partial charge is 0.481 e. The summed E-state index contributed by atoms with van der Waals surface area (Å²) in [4.78, 5) is 59.9. The summed E-state index contributed by atoms with van der Waals surface area (Å²) in [5.41, 5.74) is -0.904. The monoisotopic (exact) mass is 742 g/mol. The quantitative estimate of drug-likeness (QED) is 0.271. The number of anilines is 1. The highest BCUT2D eigenvalue weighted by Crippen LogP contribution is 2.41. The molecule has 11 nitrogen and oxygen atoms in total. The zero-order valence-corrected chi connectivity index (χ0v) is 29.4. The molecular formula is C35H44F6N6O5. The van der Waals surface area contributed by atoms with Gasteiger partial charge in [0.1, 0.15) is 17.9 Å². The number of benzene rings is 1. The molecule has 0 radical (unpaired) electrons. The van der Waals surface area contributed by atoms with Gasteiger partial charge in [-0.2, -0.15) is 22.0 Å². The van der Waals surface area contributed by atoms with E-state index in [-0.39, 0.29) is 37.0 Å². The molecule has 2 aliphatic rings. The Morgan fingerprint density at radius 2 is 1.62 bits per heavy atom. The van der Waals surface area contributed by atoms with E-state index >= 15 is 13.2 Å². The summed E-state index contributed by atoms with van der Waals surface area (Å²) < 4.78 is 91.2. The molecule has 3 atom stereocenters. The number of rotatable bonds is 12. The van der Waals surface area contributed by atoms with Crippen molar-refractivity contribution in [2.45, 2.75) is 76.1 Å². The zero-order valence-electron chi connectivity index (χ0n) is 29.4. The number of piperazine rings is 1. The summed E-state index contributed by atoms with van der Waals surface area (Å²) in [6, 6.07) is 2.93. The molecule has 286 valence electrons. The Kier molecular flexibility index (Phi) is 13.2. The minimum atomic E-state index is -4.49. The second-order valence-corrected chi connectivity index (χ2v) is 13.3. The minimum Gasteiger partial charge on any atom is -0.481 e. The van der Waals surface area contributed by atoms with Crippen molar-refractivity contribution in [2.24, 2.45) is 11.8 Å². The molecule has 4 amide bonds. The van der Waals surface area contributed by atoms with Gasteiger partial charge in [0.05, 0.1) is 18.7 Å². The summed E-state index contributed by atoms with van der Waals surface area (Å²) in [5.74, 6) is -12.2. The van der Waals surface area contributed by atoms with Gasteiger partial charge in [0.2, 0.25) is 23.6 Å². The van der Waals surface area contributed by atoms with Crippen molar-refractivity contribution in [1.82, 2.24) is 25.4 Å². The van der Waals surface area contributed by atoms with Gasteiger partial charge in [0, 0.05) is 56.3 Å². The van der Waals surface area contributed by atoms with Gasteiger partial charge in [-0.05, 0) is 62.4 Å². The predicted octanol–water partition coefficient (Wildman–Crippen LogP) is 4.59. The third-order valence-corrected chi connectivity index (χ3v) is 9.86. The number of ether oxygens (including phenoxy) is 1. The first-order valence-electron chi connectivity index (χ1n) is 17.1. The fourth-order valence-electron chi connectivity index (χ4n) is 6.45. The number of aromatic nitrogens is 1. The number of carbonyl (C=O) groups is 4. The lowest BCUT2D eigenvalue weighted by Gasteiger charge is -2.36. The van der Waals surface area contributed by atoms with Gasteiger partial charge in [0.25, 0.3) is 5.91 Å². The van der Waals surface area contributed by atoms with E-state index in [2.05, 4.69) is 20.5 Å². The van der Waals surface area contributed by atoms with Gasteiger partial charge in [-0.1, -0.05) is 19.9 Å². The molecule has 1 aromatic carbocycles. The number of carbonyl (C=O) groups excluding carboxylic acids is 4. The normalized spacial score (nSPS) is 20.3. The predicted molar refractivity (Wildman–Crippen MR) is 178 cm³/mol. The number of nitrogens with one attached hydrogen (secondary N) is 3. The van der Waals surface area contributed by atoms with Crippen LogP contribution in [0.3, 0.4) is 0 Å². The SMILES string of the molecule is CCC(=O)N[C@@H](C(=O)N1CCN(C)CC1)[C@@H](C)c1ccc(NC(=O)[C@@H](NC(=O)C(F)(F)c2ccc(OC)nc2)[C@H]2CC[C@H](C(F)(F)F)CC2)c(F)c1. The number of likely N-dealkylation sites (N-methyl/N-ethyl adjacent to an activating group) is 1. The second-order valence-electron chi connectivity index (χ2n) is 13.3. The van der Waals surface area contributed by atoms with Crippen LogP contribution in [0.25, 0.3) is 0 Å². The van der Waals surface area contributed by atoms with E-state index in [1.165, 1.54) is 19.2 Å². The van der Waals surface area contributed by atoms with E-state index in [1.807, 2.05) is 12.4 Å². The first-order chi connectivity index (χ1) is 24.5. The number of pyridine rings is 1. The van der Waals surface area contributed by atoms with Gasteiger partial charge >= 0.3 is 12.1 Å². The lowest BCUT2D eigenvalue weighted by Crippen LogP contribution is -2.55. The number of hydrogen-bond donors (Lipinski definition) is 3. The van der Waals surface area contributed by atoms with Gasteiger partial charge in [-0.3, -0.25) is 19.2 Å². The molecule has 0 spiro atoms. The highest BCUT2D eigenvalue weighted by atomic mass is 19.4. The number of halogens is 6. The fraction of sp³-hybridized carbons (Fsp3) is 0.571. The Labute approximate surface area is 297 Å². The lowest BCUT2D eigenvalue weighted by molar-refractivity contribution is -0.184. The van der Waals surface area contributed by atoms with Gasteiger partial charge < -0.3 is 30.5 Å². The number of hydrogen-bond acceptors (Lipinski definition) is 7. The summed E-state index contributed by atoms with van der Waals surface area (Å²) in [6.07, 6.45) is -4.89.